The summed E-state index contributed by atoms with van der Waals surface area (Å²) in [6.45, 7) is 1.30. The van der Waals surface area contributed by atoms with Crippen molar-refractivity contribution in [1.29, 1.82) is 0 Å². The van der Waals surface area contributed by atoms with E-state index in [4.69, 9.17) is 0 Å². The quantitative estimate of drug-likeness (QED) is 0.778. The number of benzene rings is 1. The maximum atomic E-state index is 13.9. The van der Waals surface area contributed by atoms with E-state index >= 15 is 0 Å². The van der Waals surface area contributed by atoms with Gasteiger partial charge in [0.25, 0.3) is 5.56 Å². The van der Waals surface area contributed by atoms with E-state index in [-0.39, 0.29) is 5.56 Å². The van der Waals surface area contributed by atoms with Crippen LogP contribution in [0.2, 0.25) is 0 Å². The van der Waals surface area contributed by atoms with E-state index in [0.29, 0.717) is 48.6 Å². The van der Waals surface area contributed by atoms with Crippen molar-refractivity contribution in [3.8, 4) is 11.4 Å². The van der Waals surface area contributed by atoms with E-state index in [2.05, 4.69) is 19.9 Å². The number of nitrogens with one attached hydrogen (secondary N) is 1. The Balaban J connectivity index is 1.58. The number of hydrogen-bond acceptors (Lipinski definition) is 5. The third-order valence-electron chi connectivity index (χ3n) is 4.39. The smallest absolute Gasteiger partial charge is 0.255 e. The number of hydrogen-bond donors (Lipinski definition) is 1. The van der Waals surface area contributed by atoms with Crippen molar-refractivity contribution >= 4 is 0 Å². The van der Waals surface area contributed by atoms with Crippen LogP contribution in [0.4, 0.5) is 8.78 Å². The minimum atomic E-state index is -0.603. The molecule has 26 heavy (non-hydrogen) atoms. The molecule has 8 heteroatoms. The van der Waals surface area contributed by atoms with Crippen molar-refractivity contribution in [2.45, 2.75) is 19.5 Å². The molecule has 0 spiro atoms. The fraction of sp³-hybridized carbons (Fsp3) is 0.222. The van der Waals surface area contributed by atoms with Gasteiger partial charge >= 0.3 is 0 Å². The molecule has 0 amide bonds. The average Bonchev–Trinajstić information content (AvgIpc) is 2.65. The van der Waals surface area contributed by atoms with Crippen LogP contribution in [0.1, 0.15) is 16.8 Å². The molecule has 1 aliphatic heterocycles. The van der Waals surface area contributed by atoms with Crippen LogP contribution in [0.5, 0.6) is 0 Å². The first-order valence-corrected chi connectivity index (χ1v) is 8.14. The molecule has 0 saturated heterocycles. The summed E-state index contributed by atoms with van der Waals surface area (Å²) in [5.74, 6) is -0.747. The summed E-state index contributed by atoms with van der Waals surface area (Å²) in [4.78, 5) is 29.6. The molecule has 1 aromatic carbocycles. The normalized spacial score (nSPS) is 14.2. The number of H-pyrrole nitrogens is 1. The zero-order valence-corrected chi connectivity index (χ0v) is 13.7. The minimum absolute atomic E-state index is 0.224. The highest BCUT2D eigenvalue weighted by Crippen LogP contribution is 2.20. The second-order valence-electron chi connectivity index (χ2n) is 6.16. The molecule has 0 fully saturated rings. The van der Waals surface area contributed by atoms with E-state index in [9.17, 15) is 13.6 Å². The molecule has 0 atom stereocenters. The Morgan fingerprint density at radius 1 is 1.19 bits per heavy atom. The van der Waals surface area contributed by atoms with Crippen LogP contribution in [0, 0.1) is 11.6 Å². The summed E-state index contributed by atoms with van der Waals surface area (Å²) in [5, 5.41) is 0. The summed E-state index contributed by atoms with van der Waals surface area (Å²) in [6, 6.07) is 3.54. The molecule has 3 aromatic rings. The van der Waals surface area contributed by atoms with Gasteiger partial charge in [0.2, 0.25) is 0 Å². The van der Waals surface area contributed by atoms with Gasteiger partial charge in [-0.05, 0) is 6.07 Å². The molecule has 0 radical (unpaired) electrons. The van der Waals surface area contributed by atoms with Gasteiger partial charge in [0.1, 0.15) is 23.8 Å². The molecule has 0 aliphatic carbocycles. The monoisotopic (exact) mass is 355 g/mol. The van der Waals surface area contributed by atoms with Gasteiger partial charge in [-0.1, -0.05) is 6.07 Å². The Bertz CT molecular complexity index is 1010. The molecule has 3 heterocycles. The lowest BCUT2D eigenvalue weighted by atomic mass is 10.1. The molecule has 1 aliphatic rings. The van der Waals surface area contributed by atoms with E-state index in [1.807, 2.05) is 4.90 Å². The lowest BCUT2D eigenvalue weighted by Crippen LogP contribution is -2.35. The first-order valence-electron chi connectivity index (χ1n) is 8.14. The van der Waals surface area contributed by atoms with Gasteiger partial charge in [-0.15, -0.1) is 0 Å². The lowest BCUT2D eigenvalue weighted by Gasteiger charge is -2.27. The van der Waals surface area contributed by atoms with Gasteiger partial charge in [-0.25, -0.2) is 23.7 Å². The molecular formula is C18H15F2N5O. The van der Waals surface area contributed by atoms with Gasteiger partial charge in [-0.3, -0.25) is 9.69 Å². The molecule has 0 bridgehead atoms. The molecule has 2 aromatic heterocycles. The fourth-order valence-electron chi connectivity index (χ4n) is 3.06. The topological polar surface area (TPSA) is 74.8 Å². The van der Waals surface area contributed by atoms with Crippen LogP contribution in [0.15, 0.2) is 41.7 Å². The van der Waals surface area contributed by atoms with Gasteiger partial charge in [0.05, 0.1) is 16.8 Å². The Hall–Kier alpha value is -3.00. The maximum absolute atomic E-state index is 13.9. The van der Waals surface area contributed by atoms with Crippen LogP contribution in [0.25, 0.3) is 11.4 Å². The Morgan fingerprint density at radius 3 is 2.77 bits per heavy atom. The Morgan fingerprint density at radius 2 is 2.00 bits per heavy atom. The second kappa shape index (κ2) is 6.72. The van der Waals surface area contributed by atoms with Gasteiger partial charge < -0.3 is 4.98 Å². The van der Waals surface area contributed by atoms with Gasteiger partial charge in [0.15, 0.2) is 0 Å². The molecule has 6 nitrogen and oxygen atoms in total. The minimum Gasteiger partial charge on any atom is -0.306 e. The number of aromatic nitrogens is 4. The van der Waals surface area contributed by atoms with Crippen molar-refractivity contribution in [2.75, 3.05) is 6.54 Å². The fourth-order valence-corrected chi connectivity index (χ4v) is 3.06. The van der Waals surface area contributed by atoms with E-state index in [1.165, 1.54) is 18.5 Å². The van der Waals surface area contributed by atoms with Crippen LogP contribution >= 0.6 is 0 Å². The summed E-state index contributed by atoms with van der Waals surface area (Å²) < 4.78 is 26.9. The van der Waals surface area contributed by atoms with Gasteiger partial charge in [-0.2, -0.15) is 0 Å². The zero-order chi connectivity index (χ0) is 18.1. The van der Waals surface area contributed by atoms with Gasteiger partial charge in [0, 0.05) is 50.1 Å². The molecule has 0 unspecified atom stereocenters. The van der Waals surface area contributed by atoms with E-state index in [0.717, 1.165) is 11.8 Å². The molecule has 1 N–H and O–H groups in total. The van der Waals surface area contributed by atoms with Crippen LogP contribution < -0.4 is 5.56 Å². The summed E-state index contributed by atoms with van der Waals surface area (Å²) >= 11 is 0. The van der Waals surface area contributed by atoms with Crippen LogP contribution in [-0.4, -0.2) is 31.4 Å². The molecule has 132 valence electrons. The van der Waals surface area contributed by atoms with Crippen molar-refractivity contribution in [2.24, 2.45) is 0 Å². The molecule has 0 saturated carbocycles. The third-order valence-corrected chi connectivity index (χ3v) is 4.39. The van der Waals surface area contributed by atoms with Crippen molar-refractivity contribution in [3.63, 3.8) is 0 Å². The number of aromatic amines is 1. The SMILES string of the molecule is O=c1[nH]c(-c2cncnc2)nc2c1CN(Cc1ccc(F)cc1F)CC2. The summed E-state index contributed by atoms with van der Waals surface area (Å²) in [7, 11) is 0. The van der Waals surface area contributed by atoms with Crippen molar-refractivity contribution in [3.05, 3.63) is 75.7 Å². The van der Waals surface area contributed by atoms with Crippen molar-refractivity contribution < 1.29 is 8.78 Å². The van der Waals surface area contributed by atoms with E-state index in [1.54, 1.807) is 12.4 Å². The highest BCUT2D eigenvalue weighted by molar-refractivity contribution is 5.52. The molecular weight excluding hydrogens is 340 g/mol. The predicted octanol–water partition coefficient (Wildman–Crippen LogP) is 2.06. The zero-order valence-electron chi connectivity index (χ0n) is 13.7. The first-order chi connectivity index (χ1) is 12.6. The first kappa shape index (κ1) is 16.5. The average molecular weight is 355 g/mol. The number of fused-ring (bicyclic) bond motifs is 1. The third kappa shape index (κ3) is 3.23. The van der Waals surface area contributed by atoms with Crippen molar-refractivity contribution in [1.82, 2.24) is 24.8 Å². The highest BCUT2D eigenvalue weighted by atomic mass is 19.1. The predicted molar refractivity (Wildman–Crippen MR) is 90.1 cm³/mol. The largest absolute Gasteiger partial charge is 0.306 e. The highest BCUT2D eigenvalue weighted by Gasteiger charge is 2.22. The summed E-state index contributed by atoms with van der Waals surface area (Å²) in [6.07, 6.45) is 5.16. The van der Waals surface area contributed by atoms with Crippen LogP contribution in [0.3, 0.4) is 0 Å². The number of rotatable bonds is 3. The standard InChI is InChI=1S/C18H15F2N5O/c19-13-2-1-11(15(20)5-13)8-25-4-3-16-14(9-25)18(26)24-17(23-16)12-6-21-10-22-7-12/h1-2,5-7,10H,3-4,8-9H2,(H,23,24,26). The van der Waals surface area contributed by atoms with E-state index < -0.39 is 11.6 Å². The second-order valence-corrected chi connectivity index (χ2v) is 6.16. The molecule has 4 rings (SSSR count). The van der Waals surface area contributed by atoms with Crippen LogP contribution in [-0.2, 0) is 19.5 Å². The summed E-state index contributed by atoms with van der Waals surface area (Å²) in [5.41, 5.74) is 2.11. The Kier molecular flexibility index (Phi) is 4.26. The lowest BCUT2D eigenvalue weighted by molar-refractivity contribution is 0.238. The Labute approximate surface area is 147 Å². The number of nitrogens with zero attached hydrogens (tertiary/aromatic N) is 4. The maximum Gasteiger partial charge on any atom is 0.255 e. The number of halogens is 2.